The summed E-state index contributed by atoms with van der Waals surface area (Å²) in [6.07, 6.45) is 5.46. The highest BCUT2D eigenvalue weighted by atomic mass is 16.3. The minimum absolute atomic E-state index is 0.394. The molecule has 2 heterocycles. The second kappa shape index (κ2) is 9.76. The first-order chi connectivity index (χ1) is 12.5. The van der Waals surface area contributed by atoms with Crippen LogP contribution in [0.4, 0.5) is 5.82 Å². The molecule has 1 saturated heterocycles. The van der Waals surface area contributed by atoms with E-state index in [-0.39, 0.29) is 0 Å². The molecule has 1 aliphatic heterocycles. The second-order valence-electron chi connectivity index (χ2n) is 7.23. The van der Waals surface area contributed by atoms with Gasteiger partial charge in [-0.2, -0.15) is 0 Å². The highest BCUT2D eigenvalue weighted by Gasteiger charge is 2.23. The van der Waals surface area contributed by atoms with E-state index in [9.17, 15) is 5.11 Å². The SMILES string of the molecule is CCNC(=NCC(O)(CC)CC)NC1CCN(c2ccc(C)cn2)CC1. The molecule has 1 aromatic rings. The van der Waals surface area contributed by atoms with Crippen molar-refractivity contribution in [3.05, 3.63) is 23.9 Å². The number of aryl methyl sites for hydroxylation is 1. The number of piperidine rings is 1. The van der Waals surface area contributed by atoms with E-state index in [0.29, 0.717) is 25.4 Å². The molecular weight excluding hydrogens is 326 g/mol. The number of guanidine groups is 1. The van der Waals surface area contributed by atoms with Crippen molar-refractivity contribution >= 4 is 11.8 Å². The third-order valence-electron chi connectivity index (χ3n) is 5.25. The minimum Gasteiger partial charge on any atom is -0.388 e. The summed E-state index contributed by atoms with van der Waals surface area (Å²) >= 11 is 0. The van der Waals surface area contributed by atoms with Crippen molar-refractivity contribution in [2.75, 3.05) is 31.1 Å². The van der Waals surface area contributed by atoms with Crippen LogP contribution < -0.4 is 15.5 Å². The van der Waals surface area contributed by atoms with E-state index in [0.717, 1.165) is 44.3 Å². The van der Waals surface area contributed by atoms with Gasteiger partial charge in [0.05, 0.1) is 12.1 Å². The molecule has 0 radical (unpaired) electrons. The molecule has 2 rings (SSSR count). The fourth-order valence-electron chi connectivity index (χ4n) is 3.11. The number of aliphatic hydroxyl groups is 1. The zero-order valence-corrected chi connectivity index (χ0v) is 16.8. The van der Waals surface area contributed by atoms with Gasteiger partial charge >= 0.3 is 0 Å². The first-order valence-electron chi connectivity index (χ1n) is 9.94. The van der Waals surface area contributed by atoms with Crippen molar-refractivity contribution in [3.8, 4) is 0 Å². The zero-order valence-electron chi connectivity index (χ0n) is 16.8. The van der Waals surface area contributed by atoms with Crippen LogP contribution in [0.15, 0.2) is 23.3 Å². The quantitative estimate of drug-likeness (QED) is 0.514. The molecule has 1 aromatic heterocycles. The van der Waals surface area contributed by atoms with E-state index >= 15 is 0 Å². The lowest BCUT2D eigenvalue weighted by Gasteiger charge is -2.34. The van der Waals surface area contributed by atoms with E-state index in [4.69, 9.17) is 0 Å². The average molecular weight is 362 g/mol. The van der Waals surface area contributed by atoms with E-state index in [1.165, 1.54) is 5.56 Å². The number of pyridine rings is 1. The summed E-state index contributed by atoms with van der Waals surface area (Å²) in [5.41, 5.74) is 0.485. The van der Waals surface area contributed by atoms with Gasteiger partial charge in [0.15, 0.2) is 5.96 Å². The topological polar surface area (TPSA) is 72.8 Å². The van der Waals surface area contributed by atoms with Crippen LogP contribution in [0.3, 0.4) is 0 Å². The van der Waals surface area contributed by atoms with Gasteiger partial charge in [0.1, 0.15) is 5.82 Å². The molecule has 146 valence electrons. The summed E-state index contributed by atoms with van der Waals surface area (Å²) in [6.45, 7) is 11.4. The predicted octanol–water partition coefficient (Wildman–Crippen LogP) is 2.47. The number of anilines is 1. The number of nitrogens with zero attached hydrogens (tertiary/aromatic N) is 3. The van der Waals surface area contributed by atoms with Crippen molar-refractivity contribution in [1.82, 2.24) is 15.6 Å². The maximum Gasteiger partial charge on any atom is 0.191 e. The van der Waals surface area contributed by atoms with E-state index in [2.05, 4.69) is 51.5 Å². The van der Waals surface area contributed by atoms with Crippen LogP contribution in [0.2, 0.25) is 0 Å². The lowest BCUT2D eigenvalue weighted by Crippen LogP contribution is -2.49. The molecule has 26 heavy (non-hydrogen) atoms. The summed E-state index contributed by atoms with van der Waals surface area (Å²) in [6, 6.07) is 4.61. The Morgan fingerprint density at radius 3 is 2.50 bits per heavy atom. The van der Waals surface area contributed by atoms with Crippen LogP contribution in [0.25, 0.3) is 0 Å². The Morgan fingerprint density at radius 2 is 1.96 bits per heavy atom. The van der Waals surface area contributed by atoms with E-state index < -0.39 is 5.60 Å². The maximum absolute atomic E-state index is 10.5. The number of hydrogen-bond donors (Lipinski definition) is 3. The predicted molar refractivity (Wildman–Crippen MR) is 109 cm³/mol. The molecule has 0 unspecified atom stereocenters. The Kier molecular flexibility index (Phi) is 7.69. The number of aromatic nitrogens is 1. The molecule has 1 aliphatic rings. The molecule has 0 atom stereocenters. The summed E-state index contributed by atoms with van der Waals surface area (Å²) in [4.78, 5) is 11.5. The van der Waals surface area contributed by atoms with Crippen molar-refractivity contribution < 1.29 is 5.11 Å². The van der Waals surface area contributed by atoms with Crippen molar-refractivity contribution in [3.63, 3.8) is 0 Å². The monoisotopic (exact) mass is 361 g/mol. The number of hydrogen-bond acceptors (Lipinski definition) is 4. The molecule has 1 fully saturated rings. The molecule has 0 saturated carbocycles. The van der Waals surface area contributed by atoms with Crippen LogP contribution in [0.5, 0.6) is 0 Å². The summed E-state index contributed by atoms with van der Waals surface area (Å²) < 4.78 is 0. The Morgan fingerprint density at radius 1 is 1.27 bits per heavy atom. The highest BCUT2D eigenvalue weighted by molar-refractivity contribution is 5.80. The normalized spacial score (nSPS) is 16.7. The van der Waals surface area contributed by atoms with Crippen LogP contribution >= 0.6 is 0 Å². The fourth-order valence-corrected chi connectivity index (χ4v) is 3.11. The van der Waals surface area contributed by atoms with Gasteiger partial charge in [0, 0.05) is 31.9 Å². The van der Waals surface area contributed by atoms with Crippen LogP contribution in [-0.4, -0.2) is 53.9 Å². The van der Waals surface area contributed by atoms with Gasteiger partial charge < -0.3 is 20.6 Å². The summed E-state index contributed by atoms with van der Waals surface area (Å²) in [5.74, 6) is 1.87. The van der Waals surface area contributed by atoms with Crippen molar-refractivity contribution in [2.45, 2.75) is 65.0 Å². The largest absolute Gasteiger partial charge is 0.388 e. The van der Waals surface area contributed by atoms with Crippen LogP contribution in [0, 0.1) is 6.92 Å². The van der Waals surface area contributed by atoms with Crippen molar-refractivity contribution in [1.29, 1.82) is 0 Å². The van der Waals surface area contributed by atoms with Gasteiger partial charge in [-0.3, -0.25) is 4.99 Å². The van der Waals surface area contributed by atoms with E-state index in [1.807, 2.05) is 20.0 Å². The van der Waals surface area contributed by atoms with Crippen LogP contribution in [-0.2, 0) is 0 Å². The standard InChI is InChI=1S/C20H35N5O/c1-5-20(26,6-2)15-23-19(21-7-3)24-17-10-12-25(13-11-17)18-9-8-16(4)14-22-18/h8-9,14,17,26H,5-7,10-13,15H2,1-4H3,(H2,21,23,24). The van der Waals surface area contributed by atoms with Gasteiger partial charge in [-0.05, 0) is 51.2 Å². The second-order valence-corrected chi connectivity index (χ2v) is 7.23. The van der Waals surface area contributed by atoms with Gasteiger partial charge in [0.25, 0.3) is 0 Å². The third kappa shape index (κ3) is 5.87. The third-order valence-corrected chi connectivity index (χ3v) is 5.25. The number of rotatable bonds is 7. The molecule has 0 amide bonds. The van der Waals surface area contributed by atoms with E-state index in [1.54, 1.807) is 0 Å². The van der Waals surface area contributed by atoms with Gasteiger partial charge in [-0.15, -0.1) is 0 Å². The Balaban J connectivity index is 1.89. The highest BCUT2D eigenvalue weighted by Crippen LogP contribution is 2.18. The maximum atomic E-state index is 10.5. The molecule has 3 N–H and O–H groups in total. The molecule has 6 nitrogen and oxygen atoms in total. The first kappa shape index (κ1) is 20.5. The fraction of sp³-hybridized carbons (Fsp3) is 0.700. The number of nitrogens with one attached hydrogen (secondary N) is 2. The van der Waals surface area contributed by atoms with Gasteiger partial charge in [-0.25, -0.2) is 4.98 Å². The molecular formula is C20H35N5O. The van der Waals surface area contributed by atoms with Gasteiger partial charge in [-0.1, -0.05) is 19.9 Å². The molecule has 0 aliphatic carbocycles. The summed E-state index contributed by atoms with van der Waals surface area (Å²) in [5, 5.41) is 17.3. The smallest absolute Gasteiger partial charge is 0.191 e. The number of aliphatic imine (C=N–C) groups is 1. The Bertz CT molecular complexity index is 560. The zero-order chi connectivity index (χ0) is 19.0. The molecule has 0 spiro atoms. The van der Waals surface area contributed by atoms with Gasteiger partial charge in [0.2, 0.25) is 0 Å². The first-order valence-corrected chi connectivity index (χ1v) is 9.94. The molecule has 6 heteroatoms. The minimum atomic E-state index is -0.706. The Hall–Kier alpha value is -1.82. The Labute approximate surface area is 158 Å². The average Bonchev–Trinajstić information content (AvgIpc) is 2.67. The lowest BCUT2D eigenvalue weighted by atomic mass is 9.98. The van der Waals surface area contributed by atoms with Crippen molar-refractivity contribution in [2.24, 2.45) is 4.99 Å². The molecule has 0 aromatic carbocycles. The molecule has 0 bridgehead atoms. The van der Waals surface area contributed by atoms with Crippen LogP contribution in [0.1, 0.15) is 52.0 Å². The lowest BCUT2D eigenvalue weighted by molar-refractivity contribution is 0.0417. The summed E-state index contributed by atoms with van der Waals surface area (Å²) in [7, 11) is 0.